The van der Waals surface area contributed by atoms with Crippen molar-refractivity contribution in [3.05, 3.63) is 75.1 Å². The third-order valence-corrected chi connectivity index (χ3v) is 7.38. The van der Waals surface area contributed by atoms with Gasteiger partial charge in [0.1, 0.15) is 13.2 Å². The van der Waals surface area contributed by atoms with Crippen LogP contribution >= 0.6 is 27.7 Å². The Morgan fingerprint density at radius 3 is 2.58 bits per heavy atom. The van der Waals surface area contributed by atoms with Gasteiger partial charge in [0.05, 0.1) is 24.7 Å². The zero-order chi connectivity index (χ0) is 27.1. The van der Waals surface area contributed by atoms with E-state index in [4.69, 9.17) is 14.2 Å². The van der Waals surface area contributed by atoms with Gasteiger partial charge in [-0.15, -0.1) is 6.58 Å². The van der Waals surface area contributed by atoms with Gasteiger partial charge in [0, 0.05) is 23.1 Å². The van der Waals surface area contributed by atoms with E-state index in [9.17, 15) is 14.4 Å². The van der Waals surface area contributed by atoms with E-state index in [0.717, 1.165) is 32.3 Å². The number of hydrogen-bond donors (Lipinski definition) is 0. The fourth-order valence-corrected chi connectivity index (χ4v) is 5.18. The lowest BCUT2D eigenvalue weighted by atomic mass is 10.0. The molecule has 0 aromatic heterocycles. The zero-order valence-electron chi connectivity index (χ0n) is 21.1. The zero-order valence-corrected chi connectivity index (χ0v) is 23.5. The predicted molar refractivity (Wildman–Crippen MR) is 150 cm³/mol. The molecule has 3 amide bonds. The van der Waals surface area contributed by atoms with Crippen molar-refractivity contribution in [3.63, 3.8) is 0 Å². The Hall–Kier alpha value is -3.08. The van der Waals surface area contributed by atoms with Crippen molar-refractivity contribution < 1.29 is 28.6 Å². The molecule has 0 atom stereocenters. The highest BCUT2D eigenvalue weighted by molar-refractivity contribution is 9.10. The van der Waals surface area contributed by atoms with Gasteiger partial charge in [-0.25, -0.2) is 0 Å². The molecule has 2 fully saturated rings. The molecule has 2 heterocycles. The van der Waals surface area contributed by atoms with E-state index in [2.05, 4.69) is 22.5 Å². The average molecular weight is 602 g/mol. The second-order valence-corrected chi connectivity index (χ2v) is 10.5. The predicted octanol–water partition coefficient (Wildman–Crippen LogP) is 5.05. The SMILES string of the molecule is C=CCc1cc(/C=C2/SC(=O)N(CC(=O)N3CCOCC3)C2=O)cc(OCC)c1OCc1ccc(Br)cc1. The van der Waals surface area contributed by atoms with Crippen LogP contribution in [0.3, 0.4) is 0 Å². The van der Waals surface area contributed by atoms with E-state index in [-0.39, 0.29) is 17.4 Å². The second-order valence-electron chi connectivity index (χ2n) is 8.61. The molecular formula is C28H29BrN2O6S. The van der Waals surface area contributed by atoms with Crippen LogP contribution in [0.25, 0.3) is 6.08 Å². The van der Waals surface area contributed by atoms with Crippen molar-refractivity contribution >= 4 is 50.8 Å². The van der Waals surface area contributed by atoms with Crippen molar-refractivity contribution in [3.8, 4) is 11.5 Å². The number of allylic oxidation sites excluding steroid dienone is 1. The molecule has 0 saturated carbocycles. The Balaban J connectivity index is 1.56. The molecule has 2 aliphatic rings. The van der Waals surface area contributed by atoms with E-state index in [0.29, 0.717) is 63.0 Å². The fraction of sp³-hybridized carbons (Fsp3) is 0.321. The Morgan fingerprint density at radius 2 is 1.89 bits per heavy atom. The van der Waals surface area contributed by atoms with E-state index in [1.807, 2.05) is 37.3 Å². The summed E-state index contributed by atoms with van der Waals surface area (Å²) in [6.07, 6.45) is 3.94. The minimum Gasteiger partial charge on any atom is -0.490 e. The number of imide groups is 1. The number of amides is 3. The number of nitrogens with zero attached hydrogens (tertiary/aromatic N) is 2. The molecule has 0 unspecified atom stereocenters. The number of ether oxygens (including phenoxy) is 3. The minimum atomic E-state index is -0.486. The number of thioether (sulfide) groups is 1. The van der Waals surface area contributed by atoms with Crippen LogP contribution in [-0.2, 0) is 27.4 Å². The third-order valence-electron chi connectivity index (χ3n) is 5.94. The Bertz CT molecular complexity index is 1240. The first-order valence-corrected chi connectivity index (χ1v) is 13.9. The largest absolute Gasteiger partial charge is 0.490 e. The summed E-state index contributed by atoms with van der Waals surface area (Å²) in [6.45, 7) is 8.04. The number of halogens is 1. The van der Waals surface area contributed by atoms with Gasteiger partial charge in [-0.1, -0.05) is 34.1 Å². The number of carbonyl (C=O) groups excluding carboxylic acids is 3. The maximum absolute atomic E-state index is 13.1. The molecule has 2 aliphatic heterocycles. The van der Waals surface area contributed by atoms with Crippen LogP contribution in [0.2, 0.25) is 0 Å². The van der Waals surface area contributed by atoms with Gasteiger partial charge in [0.2, 0.25) is 5.91 Å². The summed E-state index contributed by atoms with van der Waals surface area (Å²) in [4.78, 5) is 41.1. The lowest BCUT2D eigenvalue weighted by molar-refractivity contribution is -0.139. The van der Waals surface area contributed by atoms with E-state index < -0.39 is 11.1 Å². The number of rotatable bonds is 10. The molecule has 0 radical (unpaired) electrons. The molecular weight excluding hydrogens is 572 g/mol. The summed E-state index contributed by atoms with van der Waals surface area (Å²) < 4.78 is 18.3. The Labute approximate surface area is 234 Å². The van der Waals surface area contributed by atoms with Crippen LogP contribution in [0.5, 0.6) is 11.5 Å². The van der Waals surface area contributed by atoms with Gasteiger partial charge in [0.25, 0.3) is 11.1 Å². The molecule has 2 saturated heterocycles. The fourth-order valence-electron chi connectivity index (χ4n) is 4.07. The highest BCUT2D eigenvalue weighted by Gasteiger charge is 2.37. The highest BCUT2D eigenvalue weighted by atomic mass is 79.9. The second kappa shape index (κ2) is 13.1. The molecule has 8 nitrogen and oxygen atoms in total. The first-order valence-electron chi connectivity index (χ1n) is 12.3. The van der Waals surface area contributed by atoms with E-state index in [1.54, 1.807) is 23.1 Å². The Kier molecular flexibility index (Phi) is 9.65. The molecule has 0 N–H and O–H groups in total. The summed E-state index contributed by atoms with van der Waals surface area (Å²) in [7, 11) is 0. The quantitative estimate of drug-likeness (QED) is 0.278. The molecule has 0 spiro atoms. The summed E-state index contributed by atoms with van der Waals surface area (Å²) in [5.41, 5.74) is 2.53. The highest BCUT2D eigenvalue weighted by Crippen LogP contribution is 2.38. The van der Waals surface area contributed by atoms with Crippen molar-refractivity contribution in [2.75, 3.05) is 39.5 Å². The van der Waals surface area contributed by atoms with E-state index in [1.165, 1.54) is 0 Å². The van der Waals surface area contributed by atoms with Crippen LogP contribution in [0, 0.1) is 0 Å². The van der Waals surface area contributed by atoms with Crippen LogP contribution in [-0.4, -0.2) is 66.3 Å². The maximum Gasteiger partial charge on any atom is 0.294 e. The summed E-state index contributed by atoms with van der Waals surface area (Å²) >= 11 is 4.26. The standard InChI is InChI=1S/C28H29BrN2O6S/c1-3-5-21-14-20(15-23(36-4-2)26(21)37-18-19-6-8-22(29)9-7-19)16-24-27(33)31(28(34)38-24)17-25(32)30-10-12-35-13-11-30/h3,6-9,14-16H,1,4-5,10-13,17-18H2,2H3/b24-16+. The maximum atomic E-state index is 13.1. The van der Waals surface area contributed by atoms with Gasteiger partial charge < -0.3 is 19.1 Å². The topological polar surface area (TPSA) is 85.4 Å². The summed E-state index contributed by atoms with van der Waals surface area (Å²) in [5, 5.41) is -0.464. The Morgan fingerprint density at radius 1 is 1.16 bits per heavy atom. The van der Waals surface area contributed by atoms with Gasteiger partial charge in [-0.05, 0) is 66.6 Å². The molecule has 38 heavy (non-hydrogen) atoms. The first kappa shape index (κ1) is 27.9. The van der Waals surface area contributed by atoms with Crippen molar-refractivity contribution in [2.24, 2.45) is 0 Å². The van der Waals surface area contributed by atoms with Gasteiger partial charge >= 0.3 is 0 Å². The molecule has 0 aliphatic carbocycles. The molecule has 2 aromatic carbocycles. The minimum absolute atomic E-state index is 0.250. The summed E-state index contributed by atoms with van der Waals surface area (Å²) in [5.74, 6) is 0.393. The van der Waals surface area contributed by atoms with E-state index >= 15 is 0 Å². The molecule has 200 valence electrons. The normalized spacial score (nSPS) is 16.7. The smallest absolute Gasteiger partial charge is 0.294 e. The number of hydrogen-bond acceptors (Lipinski definition) is 7. The third kappa shape index (κ3) is 6.86. The number of benzene rings is 2. The molecule has 10 heteroatoms. The van der Waals surface area contributed by atoms with Crippen molar-refractivity contribution in [1.29, 1.82) is 0 Å². The van der Waals surface area contributed by atoms with Gasteiger partial charge in [0.15, 0.2) is 11.5 Å². The van der Waals surface area contributed by atoms with Gasteiger partial charge in [-0.3, -0.25) is 19.3 Å². The van der Waals surface area contributed by atoms with Crippen molar-refractivity contribution in [1.82, 2.24) is 9.80 Å². The lowest BCUT2D eigenvalue weighted by Gasteiger charge is -2.28. The molecule has 2 aromatic rings. The van der Waals surface area contributed by atoms with Gasteiger partial charge in [-0.2, -0.15) is 0 Å². The first-order chi connectivity index (χ1) is 18.4. The van der Waals surface area contributed by atoms with Crippen LogP contribution < -0.4 is 9.47 Å². The average Bonchev–Trinajstić information content (AvgIpc) is 3.17. The van der Waals surface area contributed by atoms with Crippen LogP contribution in [0.1, 0.15) is 23.6 Å². The number of morpholine rings is 1. The molecule has 0 bridgehead atoms. The lowest BCUT2D eigenvalue weighted by Crippen LogP contribution is -2.46. The number of carbonyl (C=O) groups is 3. The monoisotopic (exact) mass is 600 g/mol. The summed E-state index contributed by atoms with van der Waals surface area (Å²) in [6, 6.07) is 11.6. The van der Waals surface area contributed by atoms with Crippen LogP contribution in [0.4, 0.5) is 4.79 Å². The van der Waals surface area contributed by atoms with Crippen LogP contribution in [0.15, 0.2) is 58.4 Å². The molecule has 4 rings (SSSR count). The van der Waals surface area contributed by atoms with Crippen molar-refractivity contribution in [2.45, 2.75) is 20.0 Å².